The van der Waals surface area contributed by atoms with Crippen molar-refractivity contribution in [1.29, 1.82) is 0 Å². The van der Waals surface area contributed by atoms with Gasteiger partial charge in [-0.1, -0.05) is 42.4 Å². The second kappa shape index (κ2) is 5.33. The van der Waals surface area contributed by atoms with E-state index in [0.717, 1.165) is 17.3 Å². The van der Waals surface area contributed by atoms with Crippen LogP contribution in [0.2, 0.25) is 0 Å². The van der Waals surface area contributed by atoms with Gasteiger partial charge in [0.25, 0.3) is 0 Å². The molecular formula is C16H17N3O. The van der Waals surface area contributed by atoms with Gasteiger partial charge in [-0.15, -0.1) is 0 Å². The molecule has 0 fully saturated rings. The van der Waals surface area contributed by atoms with Gasteiger partial charge in [-0.3, -0.25) is 0 Å². The van der Waals surface area contributed by atoms with Gasteiger partial charge in [0.15, 0.2) is 5.76 Å². The molecule has 0 saturated carbocycles. The van der Waals surface area contributed by atoms with Gasteiger partial charge in [-0.25, -0.2) is 4.98 Å². The first-order valence-corrected chi connectivity index (χ1v) is 6.72. The highest BCUT2D eigenvalue weighted by Crippen LogP contribution is 2.23. The molecule has 0 aliphatic rings. The fourth-order valence-corrected chi connectivity index (χ4v) is 2.38. The van der Waals surface area contributed by atoms with Gasteiger partial charge in [-0.05, 0) is 12.5 Å². The number of hydrogen-bond donors (Lipinski definition) is 0. The van der Waals surface area contributed by atoms with Crippen molar-refractivity contribution in [3.8, 4) is 0 Å². The van der Waals surface area contributed by atoms with Crippen LogP contribution >= 0.6 is 0 Å². The lowest BCUT2D eigenvalue weighted by Crippen LogP contribution is -2.08. The summed E-state index contributed by atoms with van der Waals surface area (Å²) < 4.78 is 7.39. The Labute approximate surface area is 118 Å². The number of rotatable bonds is 4. The number of hydrogen-bond acceptors (Lipinski definition) is 3. The average Bonchev–Trinajstić information content (AvgIpc) is 3.09. The van der Waals surface area contributed by atoms with E-state index in [1.165, 1.54) is 5.56 Å². The Bertz CT molecular complexity index is 685. The minimum atomic E-state index is 0.246. The smallest absolute Gasteiger partial charge is 0.156 e. The molecule has 0 aliphatic carbocycles. The van der Waals surface area contributed by atoms with Crippen LogP contribution in [-0.4, -0.2) is 14.7 Å². The molecule has 0 saturated heterocycles. The summed E-state index contributed by atoms with van der Waals surface area (Å²) in [5.74, 6) is 2.13. The molecule has 0 amide bonds. The Kier molecular flexibility index (Phi) is 3.37. The summed E-state index contributed by atoms with van der Waals surface area (Å²) in [4.78, 5) is 4.50. The molecule has 3 aromatic rings. The van der Waals surface area contributed by atoms with Gasteiger partial charge >= 0.3 is 0 Å². The summed E-state index contributed by atoms with van der Waals surface area (Å²) in [5.41, 5.74) is 2.16. The second-order valence-corrected chi connectivity index (χ2v) is 4.98. The van der Waals surface area contributed by atoms with Crippen LogP contribution in [0.3, 0.4) is 0 Å². The van der Waals surface area contributed by atoms with E-state index >= 15 is 0 Å². The van der Waals surface area contributed by atoms with Crippen LogP contribution < -0.4 is 0 Å². The number of imidazole rings is 1. The quantitative estimate of drug-likeness (QED) is 0.728. The van der Waals surface area contributed by atoms with E-state index in [1.54, 1.807) is 0 Å². The maximum absolute atomic E-state index is 5.28. The molecule has 1 unspecified atom stereocenters. The summed E-state index contributed by atoms with van der Waals surface area (Å²) in [6.07, 6.45) is 3.81. The molecule has 1 atom stereocenters. The predicted octanol–water partition coefficient (Wildman–Crippen LogP) is 3.38. The van der Waals surface area contributed by atoms with E-state index in [1.807, 2.05) is 31.5 Å². The fourth-order valence-electron chi connectivity index (χ4n) is 2.38. The molecule has 4 heteroatoms. The van der Waals surface area contributed by atoms with Crippen molar-refractivity contribution in [3.63, 3.8) is 0 Å². The monoisotopic (exact) mass is 267 g/mol. The first kappa shape index (κ1) is 12.7. The maximum atomic E-state index is 5.28. The summed E-state index contributed by atoms with van der Waals surface area (Å²) in [6, 6.07) is 12.3. The van der Waals surface area contributed by atoms with Crippen molar-refractivity contribution in [1.82, 2.24) is 14.7 Å². The van der Waals surface area contributed by atoms with Gasteiger partial charge in [0, 0.05) is 24.4 Å². The lowest BCUT2D eigenvalue weighted by atomic mass is 10.0. The Hall–Kier alpha value is -2.36. The van der Waals surface area contributed by atoms with Crippen molar-refractivity contribution in [2.24, 2.45) is 0 Å². The molecule has 3 rings (SSSR count). The average molecular weight is 267 g/mol. The Morgan fingerprint density at radius 1 is 1.25 bits per heavy atom. The zero-order chi connectivity index (χ0) is 13.9. The number of aromatic nitrogens is 3. The number of benzene rings is 1. The zero-order valence-electron chi connectivity index (χ0n) is 11.7. The normalized spacial score (nSPS) is 12.5. The molecule has 20 heavy (non-hydrogen) atoms. The maximum Gasteiger partial charge on any atom is 0.156 e. The van der Waals surface area contributed by atoms with Crippen molar-refractivity contribution < 1.29 is 4.52 Å². The van der Waals surface area contributed by atoms with Gasteiger partial charge in [-0.2, -0.15) is 0 Å². The Morgan fingerprint density at radius 2 is 2.05 bits per heavy atom. The van der Waals surface area contributed by atoms with Crippen LogP contribution in [0.25, 0.3) is 0 Å². The Morgan fingerprint density at radius 3 is 2.75 bits per heavy atom. The van der Waals surface area contributed by atoms with Crippen LogP contribution in [-0.2, 0) is 6.54 Å². The fraction of sp³-hybridized carbons (Fsp3) is 0.250. The molecule has 0 spiro atoms. The SMILES string of the molecule is Cc1cc(Cn2ccnc2C(C)c2ccccc2)on1. The molecule has 102 valence electrons. The molecular weight excluding hydrogens is 250 g/mol. The van der Waals surface area contributed by atoms with Gasteiger partial charge in [0.1, 0.15) is 5.82 Å². The molecule has 0 bridgehead atoms. The van der Waals surface area contributed by atoms with Crippen LogP contribution in [0, 0.1) is 6.92 Å². The number of nitrogens with zero attached hydrogens (tertiary/aromatic N) is 3. The van der Waals surface area contributed by atoms with E-state index in [9.17, 15) is 0 Å². The van der Waals surface area contributed by atoms with Crippen molar-refractivity contribution in [2.75, 3.05) is 0 Å². The van der Waals surface area contributed by atoms with E-state index in [4.69, 9.17) is 4.52 Å². The summed E-state index contributed by atoms with van der Waals surface area (Å²) in [5, 5.41) is 3.92. The van der Waals surface area contributed by atoms with Crippen LogP contribution in [0.5, 0.6) is 0 Å². The summed E-state index contributed by atoms with van der Waals surface area (Å²) >= 11 is 0. The zero-order valence-corrected chi connectivity index (χ0v) is 11.7. The molecule has 0 N–H and O–H groups in total. The third kappa shape index (κ3) is 2.50. The molecule has 4 nitrogen and oxygen atoms in total. The molecule has 2 aromatic heterocycles. The lowest BCUT2D eigenvalue weighted by molar-refractivity contribution is 0.371. The van der Waals surface area contributed by atoms with E-state index in [2.05, 4.69) is 45.9 Å². The first-order valence-electron chi connectivity index (χ1n) is 6.72. The minimum absolute atomic E-state index is 0.246. The lowest BCUT2D eigenvalue weighted by Gasteiger charge is -2.13. The summed E-state index contributed by atoms with van der Waals surface area (Å²) in [6.45, 7) is 4.75. The van der Waals surface area contributed by atoms with E-state index < -0.39 is 0 Å². The Balaban J connectivity index is 1.86. The van der Waals surface area contributed by atoms with Gasteiger partial charge in [0.2, 0.25) is 0 Å². The molecule has 1 aromatic carbocycles. The van der Waals surface area contributed by atoms with Crippen molar-refractivity contribution in [3.05, 3.63) is 71.6 Å². The predicted molar refractivity (Wildman–Crippen MR) is 76.5 cm³/mol. The third-order valence-corrected chi connectivity index (χ3v) is 3.44. The standard InChI is InChI=1S/C16H17N3O/c1-12-10-15(20-18-12)11-19-9-8-17-16(19)13(2)14-6-4-3-5-7-14/h3-10,13H,11H2,1-2H3. The van der Waals surface area contributed by atoms with Crippen LogP contribution in [0.4, 0.5) is 0 Å². The van der Waals surface area contributed by atoms with Crippen LogP contribution in [0.15, 0.2) is 53.3 Å². The van der Waals surface area contributed by atoms with Crippen molar-refractivity contribution in [2.45, 2.75) is 26.3 Å². The van der Waals surface area contributed by atoms with Crippen molar-refractivity contribution >= 4 is 0 Å². The molecule has 0 radical (unpaired) electrons. The topological polar surface area (TPSA) is 43.9 Å². The van der Waals surface area contributed by atoms with E-state index in [0.29, 0.717) is 6.54 Å². The summed E-state index contributed by atoms with van der Waals surface area (Å²) in [7, 11) is 0. The minimum Gasteiger partial charge on any atom is -0.359 e. The second-order valence-electron chi connectivity index (χ2n) is 4.98. The van der Waals surface area contributed by atoms with Gasteiger partial charge in [0.05, 0.1) is 12.2 Å². The number of aryl methyl sites for hydroxylation is 1. The van der Waals surface area contributed by atoms with Crippen LogP contribution in [0.1, 0.15) is 35.7 Å². The van der Waals surface area contributed by atoms with Gasteiger partial charge < -0.3 is 9.09 Å². The largest absolute Gasteiger partial charge is 0.359 e. The molecule has 0 aliphatic heterocycles. The highest BCUT2D eigenvalue weighted by molar-refractivity contribution is 5.25. The highest BCUT2D eigenvalue weighted by Gasteiger charge is 2.15. The molecule has 2 heterocycles. The van der Waals surface area contributed by atoms with E-state index in [-0.39, 0.29) is 5.92 Å². The highest BCUT2D eigenvalue weighted by atomic mass is 16.5. The first-order chi connectivity index (χ1) is 9.74. The third-order valence-electron chi connectivity index (χ3n) is 3.44.